The van der Waals surface area contributed by atoms with Gasteiger partial charge < -0.3 is 9.47 Å². The fraction of sp³-hybridized carbons (Fsp3) is 0.294. The highest BCUT2D eigenvalue weighted by Crippen LogP contribution is 2.22. The summed E-state index contributed by atoms with van der Waals surface area (Å²) in [7, 11) is -2.91. The lowest BCUT2D eigenvalue weighted by atomic mass is 10.1. The minimum atomic E-state index is -4.56. The van der Waals surface area contributed by atoms with Gasteiger partial charge in [0.1, 0.15) is 0 Å². The van der Waals surface area contributed by atoms with E-state index in [1.807, 2.05) is 0 Å². The number of carbonyl (C=O) groups is 1. The number of nitrogens with zero attached hydrogens (tertiary/aromatic N) is 1. The van der Waals surface area contributed by atoms with Crippen molar-refractivity contribution < 1.29 is 35.9 Å². The summed E-state index contributed by atoms with van der Waals surface area (Å²) in [5.41, 5.74) is 0.543. The molecule has 0 radical (unpaired) electrons. The molecule has 0 atom stereocenters. The maximum Gasteiger partial charge on any atom is 0.422 e. The normalized spacial score (nSPS) is 11.9. The molecule has 152 valence electrons. The van der Waals surface area contributed by atoms with E-state index in [9.17, 15) is 26.4 Å². The molecule has 1 heterocycles. The van der Waals surface area contributed by atoms with E-state index in [0.717, 1.165) is 6.07 Å². The first-order chi connectivity index (χ1) is 13.0. The molecular weight excluding hydrogens is 401 g/mol. The van der Waals surface area contributed by atoms with E-state index in [1.165, 1.54) is 44.5 Å². The van der Waals surface area contributed by atoms with Crippen LogP contribution in [0.15, 0.2) is 41.4 Å². The Balaban J connectivity index is 2.22. The first kappa shape index (κ1) is 21.6. The van der Waals surface area contributed by atoms with E-state index in [1.54, 1.807) is 0 Å². The number of nitrogens with one attached hydrogen (secondary N) is 1. The zero-order valence-corrected chi connectivity index (χ0v) is 15.7. The van der Waals surface area contributed by atoms with E-state index in [-0.39, 0.29) is 28.4 Å². The standard InChI is InChI=1S/C17H17F3N2O5S/c1-11-5-6-12(16(23)26-2)8-14(11)28(24,25)22-9-13-4-3-7-21-15(13)27-10-17(18,19)20/h3-8,22H,9-10H2,1-2H3. The largest absolute Gasteiger partial charge is 0.468 e. The number of esters is 1. The number of carbonyl (C=O) groups excluding carboxylic acids is 1. The molecule has 2 rings (SSSR count). The third-order valence-corrected chi connectivity index (χ3v) is 5.12. The Morgan fingerprint density at radius 1 is 1.25 bits per heavy atom. The zero-order chi connectivity index (χ0) is 20.9. The molecule has 7 nitrogen and oxygen atoms in total. The predicted octanol–water partition coefficient (Wildman–Crippen LogP) is 2.60. The van der Waals surface area contributed by atoms with Crippen LogP contribution in [0.25, 0.3) is 0 Å². The maximum atomic E-state index is 12.6. The molecule has 2 aromatic rings. The monoisotopic (exact) mass is 418 g/mol. The van der Waals surface area contributed by atoms with Crippen molar-refractivity contribution in [2.45, 2.75) is 24.5 Å². The molecule has 0 spiro atoms. The SMILES string of the molecule is COC(=O)c1ccc(C)c(S(=O)(=O)NCc2cccnc2OCC(F)(F)F)c1. The number of ether oxygens (including phenoxy) is 2. The Labute approximate surface area is 159 Å². The van der Waals surface area contributed by atoms with Crippen LogP contribution in [0.4, 0.5) is 13.2 Å². The quantitative estimate of drug-likeness (QED) is 0.695. The smallest absolute Gasteiger partial charge is 0.422 e. The zero-order valence-electron chi connectivity index (χ0n) is 14.9. The van der Waals surface area contributed by atoms with Gasteiger partial charge in [-0.25, -0.2) is 22.9 Å². The molecule has 0 aliphatic rings. The molecule has 0 unspecified atom stereocenters. The van der Waals surface area contributed by atoms with E-state index in [2.05, 4.69) is 19.2 Å². The van der Waals surface area contributed by atoms with Gasteiger partial charge in [0.25, 0.3) is 0 Å². The molecule has 1 aromatic carbocycles. The molecule has 0 saturated carbocycles. The topological polar surface area (TPSA) is 94.6 Å². The van der Waals surface area contributed by atoms with Crippen LogP contribution >= 0.6 is 0 Å². The highest BCUT2D eigenvalue weighted by molar-refractivity contribution is 7.89. The van der Waals surface area contributed by atoms with Crippen LogP contribution in [0.3, 0.4) is 0 Å². The van der Waals surface area contributed by atoms with Crippen LogP contribution in [0, 0.1) is 6.92 Å². The number of halogens is 3. The molecule has 0 fully saturated rings. The van der Waals surface area contributed by atoms with Crippen molar-refractivity contribution in [1.29, 1.82) is 0 Å². The lowest BCUT2D eigenvalue weighted by Gasteiger charge is -2.14. The van der Waals surface area contributed by atoms with Crippen molar-refractivity contribution in [2.75, 3.05) is 13.7 Å². The molecule has 28 heavy (non-hydrogen) atoms. The molecule has 0 aliphatic carbocycles. The van der Waals surface area contributed by atoms with Crippen molar-refractivity contribution in [3.63, 3.8) is 0 Å². The lowest BCUT2D eigenvalue weighted by Crippen LogP contribution is -2.25. The van der Waals surface area contributed by atoms with Gasteiger partial charge in [0.15, 0.2) is 6.61 Å². The van der Waals surface area contributed by atoms with Crippen LogP contribution < -0.4 is 9.46 Å². The maximum absolute atomic E-state index is 12.6. The number of benzene rings is 1. The minimum absolute atomic E-state index is 0.0454. The van der Waals surface area contributed by atoms with Crippen molar-refractivity contribution >= 4 is 16.0 Å². The van der Waals surface area contributed by atoms with Gasteiger partial charge in [0.2, 0.25) is 15.9 Å². The second-order valence-electron chi connectivity index (χ2n) is 5.67. The van der Waals surface area contributed by atoms with Crippen LogP contribution in [-0.2, 0) is 21.3 Å². The van der Waals surface area contributed by atoms with Crippen molar-refractivity contribution in [3.8, 4) is 5.88 Å². The number of rotatable bonds is 7. The molecule has 0 saturated heterocycles. The van der Waals surface area contributed by atoms with E-state index in [4.69, 9.17) is 0 Å². The molecule has 0 aliphatic heterocycles. The van der Waals surface area contributed by atoms with Gasteiger partial charge >= 0.3 is 12.1 Å². The van der Waals surface area contributed by atoms with Crippen LogP contribution in [0.5, 0.6) is 5.88 Å². The number of alkyl halides is 3. The number of hydrogen-bond acceptors (Lipinski definition) is 6. The first-order valence-electron chi connectivity index (χ1n) is 7.85. The molecular formula is C17H17F3N2O5S. The summed E-state index contributed by atoms with van der Waals surface area (Å²) >= 11 is 0. The van der Waals surface area contributed by atoms with E-state index < -0.39 is 28.8 Å². The van der Waals surface area contributed by atoms with Crippen LogP contribution in [0.1, 0.15) is 21.5 Å². The van der Waals surface area contributed by atoms with Crippen LogP contribution in [-0.4, -0.2) is 39.3 Å². The first-order valence-corrected chi connectivity index (χ1v) is 9.34. The Bertz CT molecular complexity index is 962. The Morgan fingerprint density at radius 3 is 2.61 bits per heavy atom. The summed E-state index contributed by atoms with van der Waals surface area (Å²) in [4.78, 5) is 15.2. The van der Waals surface area contributed by atoms with Gasteiger partial charge in [-0.05, 0) is 30.7 Å². The van der Waals surface area contributed by atoms with Crippen molar-refractivity contribution in [3.05, 3.63) is 53.2 Å². The minimum Gasteiger partial charge on any atom is -0.468 e. The summed E-state index contributed by atoms with van der Waals surface area (Å²) in [6.45, 7) is -0.368. The average molecular weight is 418 g/mol. The fourth-order valence-electron chi connectivity index (χ4n) is 2.22. The Hall–Kier alpha value is -2.66. The van der Waals surface area contributed by atoms with E-state index in [0.29, 0.717) is 5.56 Å². The lowest BCUT2D eigenvalue weighted by molar-refractivity contribution is -0.154. The van der Waals surface area contributed by atoms with Crippen molar-refractivity contribution in [1.82, 2.24) is 9.71 Å². The summed E-state index contributed by atoms with van der Waals surface area (Å²) in [5.74, 6) is -1.03. The fourth-order valence-corrected chi connectivity index (χ4v) is 3.50. The molecule has 0 bridgehead atoms. The number of aryl methyl sites for hydroxylation is 1. The van der Waals surface area contributed by atoms with Gasteiger partial charge in [-0.2, -0.15) is 13.2 Å². The summed E-state index contributed by atoms with van der Waals surface area (Å²) in [5, 5.41) is 0. The average Bonchev–Trinajstić information content (AvgIpc) is 2.64. The highest BCUT2D eigenvalue weighted by atomic mass is 32.2. The van der Waals surface area contributed by atoms with E-state index >= 15 is 0 Å². The predicted molar refractivity (Wildman–Crippen MR) is 92.3 cm³/mol. The molecule has 11 heteroatoms. The highest BCUT2D eigenvalue weighted by Gasteiger charge is 2.29. The molecule has 1 aromatic heterocycles. The third-order valence-electron chi connectivity index (χ3n) is 3.57. The number of sulfonamides is 1. The van der Waals surface area contributed by atoms with Gasteiger partial charge in [0.05, 0.1) is 17.6 Å². The summed E-state index contributed by atoms with van der Waals surface area (Å²) in [6, 6.07) is 6.85. The number of hydrogen-bond donors (Lipinski definition) is 1. The van der Waals surface area contributed by atoms with Gasteiger partial charge in [0, 0.05) is 18.3 Å². The molecule has 0 amide bonds. The van der Waals surface area contributed by atoms with Crippen molar-refractivity contribution in [2.24, 2.45) is 0 Å². The summed E-state index contributed by atoms with van der Waals surface area (Å²) in [6.07, 6.45) is -3.33. The summed E-state index contributed by atoms with van der Waals surface area (Å²) < 4.78 is 73.7. The van der Waals surface area contributed by atoms with Gasteiger partial charge in [-0.15, -0.1) is 0 Å². The van der Waals surface area contributed by atoms with Gasteiger partial charge in [-0.1, -0.05) is 12.1 Å². The number of pyridine rings is 1. The third kappa shape index (κ3) is 5.67. The van der Waals surface area contributed by atoms with Gasteiger partial charge in [-0.3, -0.25) is 0 Å². The Morgan fingerprint density at radius 2 is 1.96 bits per heavy atom. The second kappa shape index (κ2) is 8.57. The Kier molecular flexibility index (Phi) is 6.62. The number of aromatic nitrogens is 1. The molecule has 1 N–H and O–H groups in total. The second-order valence-corrected chi connectivity index (χ2v) is 7.40. The number of methoxy groups -OCH3 is 1. The van der Waals surface area contributed by atoms with Crippen LogP contribution in [0.2, 0.25) is 0 Å².